The predicted octanol–water partition coefficient (Wildman–Crippen LogP) is 5.99. The Labute approximate surface area is 190 Å². The number of thioether (sulfide) groups is 1. The van der Waals surface area contributed by atoms with E-state index in [0.29, 0.717) is 11.6 Å². The molecule has 0 fully saturated rings. The van der Waals surface area contributed by atoms with Crippen LogP contribution in [0.5, 0.6) is 5.75 Å². The van der Waals surface area contributed by atoms with Crippen LogP contribution in [0.25, 0.3) is 0 Å². The highest BCUT2D eigenvalue weighted by atomic mass is 35.5. The van der Waals surface area contributed by atoms with Gasteiger partial charge in [0, 0.05) is 21.9 Å². The fraction of sp³-hybridized carbons (Fsp3) is 0.125. The van der Waals surface area contributed by atoms with Crippen molar-refractivity contribution >= 4 is 29.6 Å². The highest BCUT2D eigenvalue weighted by Crippen LogP contribution is 2.23. The topological polar surface area (TPSA) is 52.3 Å². The van der Waals surface area contributed by atoms with E-state index in [9.17, 15) is 0 Å². The number of para-hydroxylation sites is 1. The molecule has 1 heterocycles. The molecule has 0 atom stereocenters. The summed E-state index contributed by atoms with van der Waals surface area (Å²) in [4.78, 5) is 0. The summed E-state index contributed by atoms with van der Waals surface area (Å²) in [5, 5.41) is 14.1. The smallest absolute Gasteiger partial charge is 0.212 e. The van der Waals surface area contributed by atoms with Crippen molar-refractivity contribution in [2.45, 2.75) is 24.4 Å². The largest absolute Gasteiger partial charge is 0.488 e. The van der Waals surface area contributed by atoms with E-state index >= 15 is 0 Å². The summed E-state index contributed by atoms with van der Waals surface area (Å²) in [6.07, 6.45) is 3.35. The van der Waals surface area contributed by atoms with Crippen LogP contribution in [0.3, 0.4) is 0 Å². The highest BCUT2D eigenvalue weighted by Gasteiger charge is 2.07. The minimum Gasteiger partial charge on any atom is -0.488 e. The maximum atomic E-state index is 6.23. The van der Waals surface area contributed by atoms with E-state index in [1.165, 1.54) is 11.1 Å². The summed E-state index contributed by atoms with van der Waals surface area (Å²) in [7, 11) is 0. The van der Waals surface area contributed by atoms with Crippen LogP contribution in [-0.2, 0) is 12.4 Å². The Bertz CT molecular complexity index is 1170. The van der Waals surface area contributed by atoms with Crippen molar-refractivity contribution in [3.63, 3.8) is 0 Å². The van der Waals surface area contributed by atoms with Gasteiger partial charge < -0.3 is 4.74 Å². The van der Waals surface area contributed by atoms with Gasteiger partial charge in [-0.25, -0.2) is 0 Å². The predicted molar refractivity (Wildman–Crippen MR) is 126 cm³/mol. The molecule has 4 rings (SSSR count). The molecule has 4 aromatic rings. The van der Waals surface area contributed by atoms with Crippen molar-refractivity contribution in [3.05, 3.63) is 106 Å². The lowest BCUT2D eigenvalue weighted by molar-refractivity contribution is 0.306. The standard InChI is InChI=1S/C24H21ClN4OS/c1-18-10-12-19(13-11-18)16-31-24-28-26-17-29(24)27-14-20-6-3-5-9-23(20)30-15-21-7-2-4-8-22(21)25/h2-14,17H,15-16H2,1H3/b27-14-. The lowest BCUT2D eigenvalue weighted by Crippen LogP contribution is -2.00. The summed E-state index contributed by atoms with van der Waals surface area (Å²) in [6.45, 7) is 2.47. The van der Waals surface area contributed by atoms with Crippen LogP contribution in [0.15, 0.2) is 89.4 Å². The summed E-state index contributed by atoms with van der Waals surface area (Å²) >= 11 is 7.82. The Morgan fingerprint density at radius 1 is 1.03 bits per heavy atom. The van der Waals surface area contributed by atoms with Crippen LogP contribution in [0, 0.1) is 6.92 Å². The van der Waals surface area contributed by atoms with Crippen molar-refractivity contribution in [3.8, 4) is 5.75 Å². The Balaban J connectivity index is 1.44. The van der Waals surface area contributed by atoms with Crippen LogP contribution < -0.4 is 4.74 Å². The highest BCUT2D eigenvalue weighted by molar-refractivity contribution is 7.98. The van der Waals surface area contributed by atoms with Gasteiger partial charge in [0.2, 0.25) is 5.16 Å². The normalized spacial score (nSPS) is 11.2. The minimum atomic E-state index is 0.384. The Morgan fingerprint density at radius 2 is 1.81 bits per heavy atom. The van der Waals surface area contributed by atoms with Gasteiger partial charge >= 0.3 is 0 Å². The Kier molecular flexibility index (Phi) is 7.02. The zero-order chi connectivity index (χ0) is 21.5. The number of aromatic nitrogens is 3. The van der Waals surface area contributed by atoms with Gasteiger partial charge in [-0.1, -0.05) is 83.5 Å². The molecule has 7 heteroatoms. The third kappa shape index (κ3) is 5.75. The maximum absolute atomic E-state index is 6.23. The summed E-state index contributed by atoms with van der Waals surface area (Å²) in [5.74, 6) is 1.53. The first kappa shape index (κ1) is 21.2. The molecule has 0 aliphatic rings. The van der Waals surface area contributed by atoms with Gasteiger partial charge in [0.25, 0.3) is 0 Å². The quantitative estimate of drug-likeness (QED) is 0.245. The second-order valence-corrected chi connectivity index (χ2v) is 8.24. The zero-order valence-electron chi connectivity index (χ0n) is 17.0. The molecule has 0 saturated carbocycles. The van der Waals surface area contributed by atoms with E-state index < -0.39 is 0 Å². The lowest BCUT2D eigenvalue weighted by atomic mass is 10.2. The van der Waals surface area contributed by atoms with Gasteiger partial charge in [0.15, 0.2) is 0 Å². The van der Waals surface area contributed by atoms with E-state index in [0.717, 1.165) is 27.8 Å². The van der Waals surface area contributed by atoms with Gasteiger partial charge in [0.05, 0.1) is 6.21 Å². The summed E-state index contributed by atoms with van der Waals surface area (Å²) < 4.78 is 7.67. The van der Waals surface area contributed by atoms with E-state index in [2.05, 4.69) is 46.5 Å². The van der Waals surface area contributed by atoms with Gasteiger partial charge in [-0.05, 0) is 30.7 Å². The molecule has 156 valence electrons. The molecule has 0 saturated heterocycles. The van der Waals surface area contributed by atoms with Crippen LogP contribution in [0.2, 0.25) is 5.02 Å². The van der Waals surface area contributed by atoms with Gasteiger partial charge in [-0.3, -0.25) is 0 Å². The number of hydrogen-bond acceptors (Lipinski definition) is 5. The molecule has 0 unspecified atom stereocenters. The zero-order valence-corrected chi connectivity index (χ0v) is 18.6. The first-order chi connectivity index (χ1) is 15.2. The Morgan fingerprint density at radius 3 is 2.65 bits per heavy atom. The number of rotatable bonds is 8. The summed E-state index contributed by atoms with van der Waals surface area (Å²) in [6, 6.07) is 23.9. The second-order valence-electron chi connectivity index (χ2n) is 6.89. The van der Waals surface area contributed by atoms with Gasteiger partial charge in [0.1, 0.15) is 18.7 Å². The second kappa shape index (κ2) is 10.3. The van der Waals surface area contributed by atoms with Crippen molar-refractivity contribution in [1.29, 1.82) is 0 Å². The lowest BCUT2D eigenvalue weighted by Gasteiger charge is -2.10. The number of nitrogens with zero attached hydrogens (tertiary/aromatic N) is 4. The molecule has 0 bridgehead atoms. The molecule has 0 radical (unpaired) electrons. The van der Waals surface area contributed by atoms with Crippen molar-refractivity contribution < 1.29 is 4.74 Å². The molecule has 0 aliphatic carbocycles. The molecular formula is C24H21ClN4OS. The maximum Gasteiger partial charge on any atom is 0.212 e. The fourth-order valence-corrected chi connectivity index (χ4v) is 3.85. The number of ether oxygens (including phenoxy) is 1. The van der Waals surface area contributed by atoms with E-state index in [1.807, 2.05) is 48.5 Å². The molecule has 0 aliphatic heterocycles. The molecule has 5 nitrogen and oxygen atoms in total. The summed E-state index contributed by atoms with van der Waals surface area (Å²) in [5.41, 5.74) is 4.27. The molecular weight excluding hydrogens is 428 g/mol. The van der Waals surface area contributed by atoms with Crippen molar-refractivity contribution in [2.75, 3.05) is 0 Å². The average Bonchev–Trinajstić information content (AvgIpc) is 3.25. The first-order valence-corrected chi connectivity index (χ1v) is 11.1. The van der Waals surface area contributed by atoms with Crippen LogP contribution in [-0.4, -0.2) is 21.1 Å². The van der Waals surface area contributed by atoms with Crippen LogP contribution in [0.1, 0.15) is 22.3 Å². The molecule has 31 heavy (non-hydrogen) atoms. The molecule has 1 aromatic heterocycles. The number of hydrogen-bond donors (Lipinski definition) is 0. The fourth-order valence-electron chi connectivity index (χ4n) is 2.84. The Hall–Kier alpha value is -3.09. The third-order valence-corrected chi connectivity index (χ3v) is 5.94. The van der Waals surface area contributed by atoms with Gasteiger partial charge in [-0.2, -0.15) is 9.78 Å². The van der Waals surface area contributed by atoms with E-state index in [4.69, 9.17) is 16.3 Å². The first-order valence-electron chi connectivity index (χ1n) is 9.77. The SMILES string of the molecule is Cc1ccc(CSc2nncn2/N=C\c2ccccc2OCc2ccccc2Cl)cc1. The number of aryl methyl sites for hydroxylation is 1. The molecule has 0 amide bonds. The third-order valence-electron chi connectivity index (χ3n) is 4.57. The van der Waals surface area contributed by atoms with Crippen molar-refractivity contribution in [1.82, 2.24) is 14.9 Å². The molecule has 0 N–H and O–H groups in total. The molecule has 3 aromatic carbocycles. The average molecular weight is 449 g/mol. The number of halogens is 1. The number of benzene rings is 3. The van der Waals surface area contributed by atoms with Gasteiger partial charge in [-0.15, -0.1) is 10.2 Å². The monoisotopic (exact) mass is 448 g/mol. The van der Waals surface area contributed by atoms with E-state index in [-0.39, 0.29) is 0 Å². The van der Waals surface area contributed by atoms with Crippen LogP contribution >= 0.6 is 23.4 Å². The van der Waals surface area contributed by atoms with E-state index in [1.54, 1.807) is 29.0 Å². The van der Waals surface area contributed by atoms with Crippen molar-refractivity contribution in [2.24, 2.45) is 5.10 Å². The minimum absolute atomic E-state index is 0.384. The molecule has 0 spiro atoms. The van der Waals surface area contributed by atoms with Crippen LogP contribution in [0.4, 0.5) is 0 Å².